The standard InChI is InChI=1S/C11H24N2O2/c1-9(8-11(2,3)15-4)13-7-5-6-10(12)14/h9,13H,5-8H2,1-4H3,(H2,12,14). The van der Waals surface area contributed by atoms with Crippen molar-refractivity contribution in [2.24, 2.45) is 5.73 Å². The molecule has 15 heavy (non-hydrogen) atoms. The first-order chi connectivity index (χ1) is 6.87. The van der Waals surface area contributed by atoms with Gasteiger partial charge in [0.15, 0.2) is 0 Å². The number of nitrogens with two attached hydrogens (primary N) is 1. The number of carbonyl (C=O) groups is 1. The van der Waals surface area contributed by atoms with Gasteiger partial charge in [-0.15, -0.1) is 0 Å². The summed E-state index contributed by atoms with van der Waals surface area (Å²) in [4.78, 5) is 10.5. The van der Waals surface area contributed by atoms with Gasteiger partial charge in [0.2, 0.25) is 5.91 Å². The summed E-state index contributed by atoms with van der Waals surface area (Å²) in [6.07, 6.45) is 2.19. The first kappa shape index (κ1) is 14.4. The second-order valence-electron chi connectivity index (χ2n) is 4.59. The fourth-order valence-corrected chi connectivity index (χ4v) is 1.50. The van der Waals surface area contributed by atoms with Gasteiger partial charge in [-0.05, 0) is 40.2 Å². The Morgan fingerprint density at radius 2 is 2.13 bits per heavy atom. The largest absolute Gasteiger partial charge is 0.379 e. The molecule has 0 saturated carbocycles. The maximum Gasteiger partial charge on any atom is 0.217 e. The average molecular weight is 216 g/mol. The van der Waals surface area contributed by atoms with Crippen LogP contribution >= 0.6 is 0 Å². The predicted molar refractivity (Wildman–Crippen MR) is 61.6 cm³/mol. The van der Waals surface area contributed by atoms with Gasteiger partial charge in [0.25, 0.3) is 0 Å². The number of ether oxygens (including phenoxy) is 1. The van der Waals surface area contributed by atoms with Crippen LogP contribution in [0.15, 0.2) is 0 Å². The molecule has 1 unspecified atom stereocenters. The van der Waals surface area contributed by atoms with Gasteiger partial charge >= 0.3 is 0 Å². The van der Waals surface area contributed by atoms with Crippen LogP contribution in [0.1, 0.15) is 40.0 Å². The molecule has 0 spiro atoms. The monoisotopic (exact) mass is 216 g/mol. The van der Waals surface area contributed by atoms with Crippen LogP contribution in [-0.4, -0.2) is 31.2 Å². The Hall–Kier alpha value is -0.610. The van der Waals surface area contributed by atoms with E-state index in [0.717, 1.165) is 19.4 Å². The van der Waals surface area contributed by atoms with Crippen molar-refractivity contribution in [3.63, 3.8) is 0 Å². The maximum atomic E-state index is 10.5. The lowest BCUT2D eigenvalue weighted by atomic mass is 10.00. The van der Waals surface area contributed by atoms with E-state index in [9.17, 15) is 4.79 Å². The van der Waals surface area contributed by atoms with Crippen molar-refractivity contribution in [1.29, 1.82) is 0 Å². The van der Waals surface area contributed by atoms with Crippen molar-refractivity contribution in [1.82, 2.24) is 5.32 Å². The minimum absolute atomic E-state index is 0.101. The Labute approximate surface area is 92.6 Å². The smallest absolute Gasteiger partial charge is 0.217 e. The Morgan fingerprint density at radius 3 is 2.60 bits per heavy atom. The molecule has 4 heteroatoms. The van der Waals surface area contributed by atoms with E-state index in [0.29, 0.717) is 12.5 Å². The highest BCUT2D eigenvalue weighted by Gasteiger charge is 2.19. The molecule has 0 aromatic carbocycles. The highest BCUT2D eigenvalue weighted by atomic mass is 16.5. The van der Waals surface area contributed by atoms with Crippen LogP contribution in [0.5, 0.6) is 0 Å². The molecular weight excluding hydrogens is 192 g/mol. The number of rotatable bonds is 8. The summed E-state index contributed by atoms with van der Waals surface area (Å²) in [7, 11) is 1.72. The second kappa shape index (κ2) is 6.80. The minimum atomic E-state index is -0.235. The molecule has 0 fully saturated rings. The number of primary amides is 1. The minimum Gasteiger partial charge on any atom is -0.379 e. The molecule has 1 atom stereocenters. The van der Waals surface area contributed by atoms with Gasteiger partial charge in [0.05, 0.1) is 5.60 Å². The summed E-state index contributed by atoms with van der Waals surface area (Å²) in [5.41, 5.74) is 4.94. The average Bonchev–Trinajstić information content (AvgIpc) is 2.11. The van der Waals surface area contributed by atoms with Crippen LogP contribution < -0.4 is 11.1 Å². The van der Waals surface area contributed by atoms with Crippen molar-refractivity contribution in [2.45, 2.75) is 51.7 Å². The summed E-state index contributed by atoms with van der Waals surface area (Å²) in [6.45, 7) is 7.07. The maximum absolute atomic E-state index is 10.5. The number of hydrogen-bond donors (Lipinski definition) is 2. The molecule has 0 aromatic rings. The van der Waals surface area contributed by atoms with Crippen molar-refractivity contribution in [3.8, 4) is 0 Å². The van der Waals surface area contributed by atoms with Crippen molar-refractivity contribution >= 4 is 5.91 Å². The van der Waals surface area contributed by atoms with Crippen molar-refractivity contribution < 1.29 is 9.53 Å². The Kier molecular flexibility index (Phi) is 6.52. The molecule has 0 aliphatic heterocycles. The van der Waals surface area contributed by atoms with Gasteiger partial charge in [-0.25, -0.2) is 0 Å². The van der Waals surface area contributed by atoms with E-state index in [2.05, 4.69) is 26.1 Å². The Balaban J connectivity index is 3.57. The zero-order valence-corrected chi connectivity index (χ0v) is 10.3. The second-order valence-corrected chi connectivity index (χ2v) is 4.59. The van der Waals surface area contributed by atoms with Crippen LogP contribution in [0.4, 0.5) is 0 Å². The third-order valence-corrected chi connectivity index (χ3v) is 2.44. The number of hydrogen-bond acceptors (Lipinski definition) is 3. The molecule has 4 nitrogen and oxygen atoms in total. The van der Waals surface area contributed by atoms with Gasteiger partial charge in [0, 0.05) is 19.6 Å². The fraction of sp³-hybridized carbons (Fsp3) is 0.909. The van der Waals surface area contributed by atoms with Crippen LogP contribution in [-0.2, 0) is 9.53 Å². The third-order valence-electron chi connectivity index (χ3n) is 2.44. The first-order valence-corrected chi connectivity index (χ1v) is 5.44. The Morgan fingerprint density at radius 1 is 1.53 bits per heavy atom. The van der Waals surface area contributed by atoms with Gasteiger partial charge in [-0.3, -0.25) is 4.79 Å². The van der Waals surface area contributed by atoms with E-state index in [-0.39, 0.29) is 11.5 Å². The molecule has 3 N–H and O–H groups in total. The summed E-state index contributed by atoms with van der Waals surface area (Å²) < 4.78 is 5.34. The lowest BCUT2D eigenvalue weighted by Crippen LogP contribution is -2.36. The first-order valence-electron chi connectivity index (χ1n) is 5.44. The normalized spacial score (nSPS) is 13.9. The van der Waals surface area contributed by atoms with Crippen LogP contribution in [0, 0.1) is 0 Å². The van der Waals surface area contributed by atoms with Gasteiger partial charge in [-0.2, -0.15) is 0 Å². The summed E-state index contributed by atoms with van der Waals surface area (Å²) >= 11 is 0. The van der Waals surface area contributed by atoms with Gasteiger partial charge in [0.1, 0.15) is 0 Å². The molecule has 0 bridgehead atoms. The summed E-state index contributed by atoms with van der Waals surface area (Å²) in [6, 6.07) is 0.382. The summed E-state index contributed by atoms with van der Waals surface area (Å²) in [5.74, 6) is -0.235. The van der Waals surface area contributed by atoms with Crippen LogP contribution in [0.3, 0.4) is 0 Å². The molecule has 90 valence electrons. The SMILES string of the molecule is COC(C)(C)CC(C)NCCCC(N)=O. The van der Waals surface area contributed by atoms with E-state index in [1.807, 2.05) is 0 Å². The lowest BCUT2D eigenvalue weighted by molar-refractivity contribution is -0.118. The van der Waals surface area contributed by atoms with Crippen LogP contribution in [0.2, 0.25) is 0 Å². The number of nitrogens with one attached hydrogen (secondary N) is 1. The molecular formula is C11H24N2O2. The van der Waals surface area contributed by atoms with E-state index in [1.54, 1.807) is 7.11 Å². The van der Waals surface area contributed by atoms with Crippen molar-refractivity contribution in [3.05, 3.63) is 0 Å². The van der Waals surface area contributed by atoms with Crippen molar-refractivity contribution in [2.75, 3.05) is 13.7 Å². The number of methoxy groups -OCH3 is 1. The van der Waals surface area contributed by atoms with E-state index >= 15 is 0 Å². The molecule has 0 radical (unpaired) electrons. The van der Waals surface area contributed by atoms with Gasteiger partial charge in [-0.1, -0.05) is 0 Å². The predicted octanol–water partition coefficient (Wildman–Crippen LogP) is 1.05. The van der Waals surface area contributed by atoms with Crippen LogP contribution in [0.25, 0.3) is 0 Å². The highest BCUT2D eigenvalue weighted by molar-refractivity contribution is 5.73. The molecule has 0 heterocycles. The molecule has 1 amide bonds. The zero-order valence-electron chi connectivity index (χ0n) is 10.3. The molecule has 0 aliphatic rings. The highest BCUT2D eigenvalue weighted by Crippen LogP contribution is 2.15. The molecule has 0 aliphatic carbocycles. The number of carbonyl (C=O) groups excluding carboxylic acids is 1. The summed E-state index contributed by atoms with van der Waals surface area (Å²) in [5, 5.41) is 3.34. The molecule has 0 aromatic heterocycles. The Bertz CT molecular complexity index is 193. The molecule has 0 saturated heterocycles. The van der Waals surface area contributed by atoms with E-state index in [1.165, 1.54) is 0 Å². The van der Waals surface area contributed by atoms with E-state index < -0.39 is 0 Å². The number of amides is 1. The topological polar surface area (TPSA) is 64.3 Å². The molecule has 0 rings (SSSR count). The van der Waals surface area contributed by atoms with Gasteiger partial charge < -0.3 is 15.8 Å². The van der Waals surface area contributed by atoms with E-state index in [4.69, 9.17) is 10.5 Å². The zero-order chi connectivity index (χ0) is 11.9. The third kappa shape index (κ3) is 8.39. The quantitative estimate of drug-likeness (QED) is 0.596. The lowest BCUT2D eigenvalue weighted by Gasteiger charge is -2.27. The fourth-order valence-electron chi connectivity index (χ4n) is 1.50.